The molecule has 0 atom stereocenters. The molecule has 0 spiro atoms. The second kappa shape index (κ2) is 7.66. The Hall–Kier alpha value is -3.45. The van der Waals surface area contributed by atoms with Gasteiger partial charge in [-0.1, -0.05) is 30.3 Å². The van der Waals surface area contributed by atoms with E-state index in [0.29, 0.717) is 12.1 Å². The van der Waals surface area contributed by atoms with Crippen LogP contribution in [0.5, 0.6) is 0 Å². The number of fused-ring (bicyclic) bond motifs is 1. The summed E-state index contributed by atoms with van der Waals surface area (Å²) in [5, 5.41) is 13.5. The lowest BCUT2D eigenvalue weighted by Gasteiger charge is -2.21. The summed E-state index contributed by atoms with van der Waals surface area (Å²) in [5.41, 5.74) is 4.11. The summed E-state index contributed by atoms with van der Waals surface area (Å²) >= 11 is 0. The molecule has 7 nitrogen and oxygen atoms in total. The summed E-state index contributed by atoms with van der Waals surface area (Å²) in [6.07, 6.45) is 7.29. The molecule has 0 unspecified atom stereocenters. The lowest BCUT2D eigenvalue weighted by molar-refractivity contribution is 0.0707. The van der Waals surface area contributed by atoms with Crippen molar-refractivity contribution in [3.05, 3.63) is 78.4 Å². The van der Waals surface area contributed by atoms with Gasteiger partial charge in [0.15, 0.2) is 0 Å². The van der Waals surface area contributed by atoms with Gasteiger partial charge in [-0.3, -0.25) is 9.48 Å². The number of imidazole rings is 1. The molecule has 1 amide bonds. The van der Waals surface area contributed by atoms with Crippen LogP contribution in [0, 0.1) is 0 Å². The van der Waals surface area contributed by atoms with Crippen LogP contribution >= 0.6 is 0 Å². The molecule has 28 heavy (non-hydrogen) atoms. The first-order valence-corrected chi connectivity index (χ1v) is 9.06. The number of benzene rings is 1. The third kappa shape index (κ3) is 3.65. The van der Waals surface area contributed by atoms with Crippen molar-refractivity contribution < 1.29 is 9.90 Å². The maximum atomic E-state index is 13.0. The molecule has 142 valence electrons. The normalized spacial score (nSPS) is 11.1. The maximum absolute atomic E-state index is 13.0. The second-order valence-corrected chi connectivity index (χ2v) is 6.65. The second-order valence-electron chi connectivity index (χ2n) is 6.65. The van der Waals surface area contributed by atoms with Crippen LogP contribution in [0.4, 0.5) is 0 Å². The number of aryl methyl sites for hydroxylation is 1. The molecule has 0 aliphatic carbocycles. The van der Waals surface area contributed by atoms with Gasteiger partial charge in [-0.2, -0.15) is 5.10 Å². The number of aliphatic hydroxyl groups is 1. The summed E-state index contributed by atoms with van der Waals surface area (Å²) in [4.78, 5) is 19.3. The monoisotopic (exact) mass is 375 g/mol. The molecule has 1 N–H and O–H groups in total. The summed E-state index contributed by atoms with van der Waals surface area (Å²) in [7, 11) is 1.83. The topological polar surface area (TPSA) is 75.7 Å². The Labute approximate surface area is 162 Å². The fourth-order valence-corrected chi connectivity index (χ4v) is 3.20. The van der Waals surface area contributed by atoms with Crippen molar-refractivity contribution in [1.82, 2.24) is 24.1 Å². The van der Waals surface area contributed by atoms with Gasteiger partial charge in [0.1, 0.15) is 5.65 Å². The smallest absolute Gasteiger partial charge is 0.255 e. The van der Waals surface area contributed by atoms with Crippen molar-refractivity contribution in [1.29, 1.82) is 0 Å². The van der Waals surface area contributed by atoms with Gasteiger partial charge in [-0.15, -0.1) is 0 Å². The quantitative estimate of drug-likeness (QED) is 0.561. The molecule has 4 aromatic rings. The third-order valence-electron chi connectivity index (χ3n) is 4.56. The van der Waals surface area contributed by atoms with E-state index in [-0.39, 0.29) is 19.1 Å². The van der Waals surface area contributed by atoms with Gasteiger partial charge in [-0.25, -0.2) is 4.98 Å². The zero-order valence-electron chi connectivity index (χ0n) is 15.6. The molecule has 0 aliphatic rings. The first-order valence-electron chi connectivity index (χ1n) is 9.06. The molecule has 0 radical (unpaired) electrons. The molecule has 4 rings (SSSR count). The van der Waals surface area contributed by atoms with Crippen molar-refractivity contribution in [2.75, 3.05) is 13.2 Å². The molecule has 1 aromatic carbocycles. The highest BCUT2D eigenvalue weighted by molar-refractivity contribution is 5.94. The summed E-state index contributed by atoms with van der Waals surface area (Å²) in [6.45, 7) is 0.549. The molecule has 0 bridgehead atoms. The van der Waals surface area contributed by atoms with E-state index in [1.165, 1.54) is 0 Å². The Morgan fingerprint density at radius 3 is 2.64 bits per heavy atom. The first kappa shape index (κ1) is 17.9. The molecule has 0 fully saturated rings. The van der Waals surface area contributed by atoms with Crippen LogP contribution in [0.15, 0.2) is 67.3 Å². The number of carbonyl (C=O) groups excluding carboxylic acids is 1. The van der Waals surface area contributed by atoms with Gasteiger partial charge in [-0.05, 0) is 12.1 Å². The number of aliphatic hydroxyl groups excluding tert-OH is 1. The number of hydrogen-bond donors (Lipinski definition) is 1. The summed E-state index contributed by atoms with van der Waals surface area (Å²) in [6, 6.07) is 13.5. The molecule has 3 heterocycles. The van der Waals surface area contributed by atoms with Crippen LogP contribution < -0.4 is 0 Å². The fraction of sp³-hybridized carbons (Fsp3) is 0.190. The van der Waals surface area contributed by atoms with Gasteiger partial charge < -0.3 is 14.4 Å². The number of pyridine rings is 1. The van der Waals surface area contributed by atoms with E-state index in [4.69, 9.17) is 0 Å². The largest absolute Gasteiger partial charge is 0.395 e. The number of nitrogens with zero attached hydrogens (tertiary/aromatic N) is 5. The highest BCUT2D eigenvalue weighted by atomic mass is 16.3. The number of carbonyl (C=O) groups is 1. The molecular formula is C21H21N5O2. The summed E-state index contributed by atoms with van der Waals surface area (Å²) < 4.78 is 3.55. The molecule has 0 aliphatic heterocycles. The number of rotatable bonds is 6. The van der Waals surface area contributed by atoms with Crippen molar-refractivity contribution >= 4 is 11.6 Å². The van der Waals surface area contributed by atoms with Crippen molar-refractivity contribution in [2.45, 2.75) is 6.54 Å². The zero-order valence-corrected chi connectivity index (χ0v) is 15.6. The number of hydrogen-bond acceptors (Lipinski definition) is 4. The predicted octanol–water partition coefficient (Wildman–Crippen LogP) is 2.37. The van der Waals surface area contributed by atoms with Gasteiger partial charge in [0, 0.05) is 49.9 Å². The minimum absolute atomic E-state index is 0.0997. The van der Waals surface area contributed by atoms with E-state index in [2.05, 4.69) is 10.1 Å². The van der Waals surface area contributed by atoms with Crippen LogP contribution in [0.1, 0.15) is 15.9 Å². The summed E-state index contributed by atoms with van der Waals surface area (Å²) in [5.74, 6) is -0.144. The van der Waals surface area contributed by atoms with Gasteiger partial charge in [0.25, 0.3) is 5.91 Å². The molecule has 3 aromatic heterocycles. The van der Waals surface area contributed by atoms with E-state index in [0.717, 1.165) is 22.5 Å². The Kier molecular flexibility index (Phi) is 4.90. The Morgan fingerprint density at radius 2 is 1.93 bits per heavy atom. The molecule has 7 heteroatoms. The highest BCUT2D eigenvalue weighted by Gasteiger charge is 2.17. The van der Waals surface area contributed by atoms with Gasteiger partial charge in [0.2, 0.25) is 0 Å². The van der Waals surface area contributed by atoms with E-state index in [9.17, 15) is 9.90 Å². The average Bonchev–Trinajstić information content (AvgIpc) is 3.33. The van der Waals surface area contributed by atoms with E-state index in [1.54, 1.807) is 28.0 Å². The Bertz CT molecular complexity index is 1100. The standard InChI is InChI=1S/C21H21N5O2/c1-24-12-16(11-22-24)13-25(9-10-27)21(28)18-7-8-20-23-19(15-26(20)14-18)17-5-3-2-4-6-17/h2-8,11-12,14-15,27H,9-10,13H2,1H3. The third-order valence-corrected chi connectivity index (χ3v) is 4.56. The Morgan fingerprint density at radius 1 is 1.11 bits per heavy atom. The average molecular weight is 375 g/mol. The van der Waals surface area contributed by atoms with Crippen molar-refractivity contribution in [3.63, 3.8) is 0 Å². The maximum Gasteiger partial charge on any atom is 0.255 e. The predicted molar refractivity (Wildman–Crippen MR) is 106 cm³/mol. The molecule has 0 saturated heterocycles. The van der Waals surface area contributed by atoms with Crippen LogP contribution in [0.25, 0.3) is 16.9 Å². The van der Waals surface area contributed by atoms with Crippen molar-refractivity contribution in [3.8, 4) is 11.3 Å². The molecule has 0 saturated carbocycles. The van der Waals surface area contributed by atoms with E-state index < -0.39 is 0 Å². The molecular weight excluding hydrogens is 354 g/mol. The van der Waals surface area contributed by atoms with Gasteiger partial charge >= 0.3 is 0 Å². The van der Waals surface area contributed by atoms with E-state index >= 15 is 0 Å². The van der Waals surface area contributed by atoms with Crippen LogP contribution in [0.3, 0.4) is 0 Å². The minimum atomic E-state index is -0.144. The SMILES string of the molecule is Cn1cc(CN(CCO)C(=O)c2ccc3nc(-c4ccccc4)cn3c2)cn1. The van der Waals surface area contributed by atoms with Crippen LogP contribution in [-0.2, 0) is 13.6 Å². The fourth-order valence-electron chi connectivity index (χ4n) is 3.20. The van der Waals surface area contributed by atoms with E-state index in [1.807, 2.05) is 60.2 Å². The van der Waals surface area contributed by atoms with Crippen LogP contribution in [-0.4, -0.2) is 48.2 Å². The Balaban J connectivity index is 1.61. The lowest BCUT2D eigenvalue weighted by atomic mass is 10.2. The van der Waals surface area contributed by atoms with Gasteiger partial charge in [0.05, 0.1) is 24.1 Å². The highest BCUT2D eigenvalue weighted by Crippen LogP contribution is 2.19. The minimum Gasteiger partial charge on any atom is -0.395 e. The lowest BCUT2D eigenvalue weighted by Crippen LogP contribution is -2.33. The first-order chi connectivity index (χ1) is 13.6. The van der Waals surface area contributed by atoms with Crippen molar-refractivity contribution in [2.24, 2.45) is 7.05 Å². The number of amides is 1. The zero-order chi connectivity index (χ0) is 19.5. The number of aromatic nitrogens is 4. The van der Waals surface area contributed by atoms with Crippen LogP contribution in [0.2, 0.25) is 0 Å².